The fourth-order valence-corrected chi connectivity index (χ4v) is 11.2. The van der Waals surface area contributed by atoms with Gasteiger partial charge in [0.2, 0.25) is 6.71 Å². The van der Waals surface area contributed by atoms with Gasteiger partial charge in [-0.05, 0) is 148 Å². The van der Waals surface area contributed by atoms with Crippen molar-refractivity contribution < 1.29 is 0 Å². The Balaban J connectivity index is 1.29. The Hall–Kier alpha value is -7.67. The minimum atomic E-state index is -0.111. The molecule has 0 amide bonds. The van der Waals surface area contributed by atoms with E-state index in [9.17, 15) is 5.26 Å². The van der Waals surface area contributed by atoms with Crippen LogP contribution in [0.2, 0.25) is 0 Å². The van der Waals surface area contributed by atoms with E-state index in [0.29, 0.717) is 5.56 Å². The summed E-state index contributed by atoms with van der Waals surface area (Å²) in [6.07, 6.45) is 0. The van der Waals surface area contributed by atoms with Crippen LogP contribution in [0, 0.1) is 25.2 Å². The zero-order valence-corrected chi connectivity index (χ0v) is 36.8. The zero-order valence-electron chi connectivity index (χ0n) is 36.8. The van der Waals surface area contributed by atoms with Crippen LogP contribution < -0.4 is 21.3 Å². The average Bonchev–Trinajstić information content (AvgIpc) is 3.32. The molecule has 0 N–H and O–H groups in total. The summed E-state index contributed by atoms with van der Waals surface area (Å²) < 4.78 is 0. The molecule has 10 aromatic rings. The van der Waals surface area contributed by atoms with Crippen LogP contribution in [0.1, 0.15) is 43.0 Å². The first-order chi connectivity index (χ1) is 31.2. The SMILES string of the molecule is Cc1cccc(C)c1N1c2cc3c(-c4ccccc4)c4ccccc4c(-c4ccccc4)c3cc2B2c3c(cc(C(C)(C)C)cc31)-c1ccc(-c3ccc(C#N)cc3)c3cccc2c13. The van der Waals surface area contributed by atoms with Gasteiger partial charge in [-0.1, -0.05) is 184 Å². The number of aryl methyl sites for hydroxylation is 2. The van der Waals surface area contributed by atoms with Gasteiger partial charge >= 0.3 is 0 Å². The molecule has 0 spiro atoms. The Bertz CT molecular complexity index is 3590. The van der Waals surface area contributed by atoms with Crippen LogP contribution in [0.5, 0.6) is 0 Å². The van der Waals surface area contributed by atoms with Crippen LogP contribution in [-0.2, 0) is 5.41 Å². The first-order valence-corrected chi connectivity index (χ1v) is 22.4. The summed E-state index contributed by atoms with van der Waals surface area (Å²) in [5.41, 5.74) is 21.9. The van der Waals surface area contributed by atoms with E-state index in [1.807, 2.05) is 12.1 Å². The monoisotopic (exact) mass is 816 g/mol. The summed E-state index contributed by atoms with van der Waals surface area (Å²) in [4.78, 5) is 2.63. The van der Waals surface area contributed by atoms with Crippen molar-refractivity contribution in [2.24, 2.45) is 0 Å². The molecule has 0 bridgehead atoms. The van der Waals surface area contributed by atoms with E-state index in [2.05, 4.69) is 215 Å². The lowest BCUT2D eigenvalue weighted by molar-refractivity contribution is 0.590. The van der Waals surface area contributed by atoms with Crippen molar-refractivity contribution in [2.75, 3.05) is 4.90 Å². The van der Waals surface area contributed by atoms with Crippen molar-refractivity contribution in [2.45, 2.75) is 40.0 Å². The lowest BCUT2D eigenvalue weighted by Gasteiger charge is -2.43. The summed E-state index contributed by atoms with van der Waals surface area (Å²) in [5, 5.41) is 17.2. The highest BCUT2D eigenvalue weighted by molar-refractivity contribution is 7.01. The van der Waals surface area contributed by atoms with Gasteiger partial charge in [-0.25, -0.2) is 0 Å². The highest BCUT2D eigenvalue weighted by Gasteiger charge is 2.43. The normalized spacial score (nSPS) is 12.7. The molecule has 302 valence electrons. The van der Waals surface area contributed by atoms with E-state index in [-0.39, 0.29) is 12.1 Å². The predicted octanol–water partition coefficient (Wildman–Crippen LogP) is 14.2. The topological polar surface area (TPSA) is 27.0 Å². The second-order valence-electron chi connectivity index (χ2n) is 18.8. The molecule has 3 heteroatoms. The Labute approximate surface area is 375 Å². The van der Waals surface area contributed by atoms with Crippen molar-refractivity contribution in [3.8, 4) is 50.6 Å². The van der Waals surface area contributed by atoms with E-state index in [1.54, 1.807) is 0 Å². The van der Waals surface area contributed by atoms with Crippen molar-refractivity contribution in [3.05, 3.63) is 204 Å². The quantitative estimate of drug-likeness (QED) is 0.131. The molecule has 0 saturated heterocycles. The molecule has 0 aromatic heterocycles. The number of fused-ring (bicyclic) bond motifs is 6. The van der Waals surface area contributed by atoms with Crippen LogP contribution in [0.3, 0.4) is 0 Å². The second-order valence-corrected chi connectivity index (χ2v) is 18.8. The first kappa shape index (κ1) is 38.0. The molecule has 0 fully saturated rings. The van der Waals surface area contributed by atoms with E-state index in [0.717, 1.165) is 5.56 Å². The predicted molar refractivity (Wildman–Crippen MR) is 273 cm³/mol. The number of rotatable bonds is 4. The van der Waals surface area contributed by atoms with Gasteiger partial charge in [-0.3, -0.25) is 0 Å². The number of para-hydroxylation sites is 1. The molecule has 0 radical (unpaired) electrons. The third-order valence-corrected chi connectivity index (χ3v) is 14.1. The van der Waals surface area contributed by atoms with E-state index in [4.69, 9.17) is 0 Å². The summed E-state index contributed by atoms with van der Waals surface area (Å²) in [6, 6.07) is 69.9. The van der Waals surface area contributed by atoms with Gasteiger partial charge < -0.3 is 4.90 Å². The molecule has 10 aromatic carbocycles. The van der Waals surface area contributed by atoms with Crippen molar-refractivity contribution in [3.63, 3.8) is 0 Å². The molecule has 0 aliphatic carbocycles. The van der Waals surface area contributed by atoms with Crippen LogP contribution in [0.25, 0.3) is 76.8 Å². The molecule has 2 aliphatic heterocycles. The van der Waals surface area contributed by atoms with Crippen LogP contribution in [0.4, 0.5) is 17.1 Å². The summed E-state index contributed by atoms with van der Waals surface area (Å²) >= 11 is 0. The maximum atomic E-state index is 9.66. The molecule has 64 heavy (non-hydrogen) atoms. The number of hydrogen-bond donors (Lipinski definition) is 0. The maximum Gasteiger partial charge on any atom is 0.248 e. The summed E-state index contributed by atoms with van der Waals surface area (Å²) in [5.74, 6) is 0. The van der Waals surface area contributed by atoms with Gasteiger partial charge in [-0.2, -0.15) is 5.26 Å². The third kappa shape index (κ3) is 5.59. The highest BCUT2D eigenvalue weighted by atomic mass is 15.2. The van der Waals surface area contributed by atoms with E-state index < -0.39 is 0 Å². The summed E-state index contributed by atoms with van der Waals surface area (Å²) in [6.45, 7) is 11.5. The Morgan fingerprint density at radius 3 is 1.67 bits per heavy atom. The number of nitriles is 1. The van der Waals surface area contributed by atoms with E-state index >= 15 is 0 Å². The molecule has 0 atom stereocenters. The number of benzene rings is 10. The first-order valence-electron chi connectivity index (χ1n) is 22.4. The number of nitrogens with zero attached hydrogens (tertiary/aromatic N) is 2. The Kier molecular flexibility index (Phi) is 8.43. The lowest BCUT2D eigenvalue weighted by Crippen LogP contribution is -2.59. The van der Waals surface area contributed by atoms with Crippen LogP contribution >= 0.6 is 0 Å². The number of anilines is 3. The molecule has 0 unspecified atom stereocenters. The smallest absolute Gasteiger partial charge is 0.248 e. The van der Waals surface area contributed by atoms with Gasteiger partial charge in [0.25, 0.3) is 0 Å². The largest absolute Gasteiger partial charge is 0.311 e. The molecule has 0 saturated carbocycles. The minimum Gasteiger partial charge on any atom is -0.311 e. The second kappa shape index (κ2) is 14.2. The molecular weight excluding hydrogens is 771 g/mol. The molecule has 2 nitrogen and oxygen atoms in total. The van der Waals surface area contributed by atoms with Crippen LogP contribution in [-0.4, -0.2) is 6.71 Å². The van der Waals surface area contributed by atoms with Gasteiger partial charge in [0.05, 0.1) is 17.3 Å². The van der Waals surface area contributed by atoms with Crippen LogP contribution in [0.15, 0.2) is 182 Å². The fourth-order valence-electron chi connectivity index (χ4n) is 11.2. The van der Waals surface area contributed by atoms with E-state index in [1.165, 1.54) is 121 Å². The van der Waals surface area contributed by atoms with Gasteiger partial charge in [0, 0.05) is 11.4 Å². The standard InChI is InChI=1S/C61H45BN2/c1-37-16-14-17-38(2)60(37)64-54-35-50-49(56(41-18-8-6-9-19-41)46-22-12-13-23-47(46)57(50)42-20-10-7-11-21-42)34-53(54)62-52-25-15-24-45-44(40-28-26-39(36-63)27-29-40)30-31-48(58(45)52)51-32-43(61(3,4)5)33-55(64)59(51)62/h6-35H,1-5H3. The summed E-state index contributed by atoms with van der Waals surface area (Å²) in [7, 11) is 0. The third-order valence-electron chi connectivity index (χ3n) is 14.1. The fraction of sp³-hybridized carbons (Fsp3) is 0.0984. The molecule has 2 aliphatic rings. The van der Waals surface area contributed by atoms with Crippen molar-refractivity contribution >= 4 is 72.5 Å². The highest BCUT2D eigenvalue weighted by Crippen LogP contribution is 2.50. The zero-order chi connectivity index (χ0) is 43.4. The number of hydrogen-bond acceptors (Lipinski definition) is 2. The van der Waals surface area contributed by atoms with Gasteiger partial charge in [-0.15, -0.1) is 0 Å². The minimum absolute atomic E-state index is 0.0401. The Morgan fingerprint density at radius 2 is 1.05 bits per heavy atom. The van der Waals surface area contributed by atoms with Crippen molar-refractivity contribution in [1.82, 2.24) is 0 Å². The van der Waals surface area contributed by atoms with Gasteiger partial charge in [0.15, 0.2) is 0 Å². The Morgan fingerprint density at radius 1 is 0.469 bits per heavy atom. The maximum absolute atomic E-state index is 9.66. The van der Waals surface area contributed by atoms with Gasteiger partial charge in [0.1, 0.15) is 0 Å². The molecular formula is C61H45BN2. The lowest BCUT2D eigenvalue weighted by atomic mass is 9.32. The molecule has 12 rings (SSSR count). The average molecular weight is 817 g/mol. The molecule has 2 heterocycles. The van der Waals surface area contributed by atoms with Crippen molar-refractivity contribution in [1.29, 1.82) is 5.26 Å².